The molecule has 4 heteroatoms. The van der Waals surface area contributed by atoms with Crippen LogP contribution in [0.5, 0.6) is 0 Å². The second-order valence-corrected chi connectivity index (χ2v) is 3.63. The van der Waals surface area contributed by atoms with Gasteiger partial charge in [-0.1, -0.05) is 20.3 Å². The maximum Gasteiger partial charge on any atom is 0.339 e. The molecule has 1 N–H and O–H groups in total. The fourth-order valence-electron chi connectivity index (χ4n) is 1.40. The maximum atomic E-state index is 11.1. The van der Waals surface area contributed by atoms with E-state index in [1.165, 1.54) is 13.5 Å². The molecule has 0 atom stereocenters. The third-order valence-electron chi connectivity index (χ3n) is 2.09. The van der Waals surface area contributed by atoms with Crippen molar-refractivity contribution in [3.63, 3.8) is 0 Å². The van der Waals surface area contributed by atoms with Gasteiger partial charge < -0.3 is 10.1 Å². The van der Waals surface area contributed by atoms with Crippen LogP contribution in [-0.2, 0) is 17.8 Å². The van der Waals surface area contributed by atoms with Gasteiger partial charge in [0.05, 0.1) is 18.4 Å². The van der Waals surface area contributed by atoms with Crippen molar-refractivity contribution in [2.24, 2.45) is 0 Å². The van der Waals surface area contributed by atoms with Gasteiger partial charge in [-0.2, -0.15) is 0 Å². The molecule has 4 nitrogen and oxygen atoms in total. The van der Waals surface area contributed by atoms with Crippen LogP contribution >= 0.6 is 0 Å². The maximum absolute atomic E-state index is 11.1. The van der Waals surface area contributed by atoms with E-state index in [2.05, 4.69) is 28.9 Å². The van der Waals surface area contributed by atoms with Gasteiger partial charge in [0.25, 0.3) is 0 Å². The first-order valence-corrected chi connectivity index (χ1v) is 5.49. The predicted octanol–water partition coefficient (Wildman–Crippen LogP) is 1.89. The highest BCUT2D eigenvalue weighted by Gasteiger charge is 2.14. The first-order chi connectivity index (χ1) is 7.72. The predicted molar refractivity (Wildman–Crippen MR) is 62.1 cm³/mol. The second kappa shape index (κ2) is 6.23. The average Bonchev–Trinajstić information content (AvgIpc) is 2.75. The Labute approximate surface area is 96.0 Å². The van der Waals surface area contributed by atoms with Crippen LogP contribution in [0.2, 0.25) is 0 Å². The number of carbonyl (C=O) groups excluding carboxylic acids is 1. The number of pyridine rings is 1. The summed E-state index contributed by atoms with van der Waals surface area (Å²) < 4.78 is 4.60. The quantitative estimate of drug-likeness (QED) is 0.737. The number of nitrogens with zero attached hydrogens (tertiary/aromatic N) is 1. The molecule has 0 aromatic carbocycles. The van der Waals surface area contributed by atoms with E-state index in [0.29, 0.717) is 5.56 Å². The van der Waals surface area contributed by atoms with Gasteiger partial charge in [0.15, 0.2) is 0 Å². The van der Waals surface area contributed by atoms with E-state index in [4.69, 9.17) is 0 Å². The molecule has 0 unspecified atom stereocenters. The molecule has 0 radical (unpaired) electrons. The molecule has 0 spiro atoms. The summed E-state index contributed by atoms with van der Waals surface area (Å²) in [7, 11) is 1.37. The number of fused-ring (bicyclic) bond motifs is 1. The van der Waals surface area contributed by atoms with Crippen molar-refractivity contribution in [2.75, 3.05) is 7.11 Å². The minimum atomic E-state index is -0.331. The number of rotatable bonds is 1. The lowest BCUT2D eigenvalue weighted by Crippen LogP contribution is -2.03. The molecule has 0 saturated carbocycles. The molecule has 88 valence electrons. The van der Waals surface area contributed by atoms with Gasteiger partial charge >= 0.3 is 5.97 Å². The molecular formula is C12H18N2O2. The van der Waals surface area contributed by atoms with Crippen LogP contribution in [0.1, 0.15) is 41.9 Å². The standard InChI is InChI=1S/C9H10N2O2.C3H8/c1-13-9(12)7-2-6-3-10-5-8(6)11-4-7;1-3-2/h2,4,10H,3,5H2,1H3;3H2,1-2H3. The number of carbonyl (C=O) groups is 1. The van der Waals surface area contributed by atoms with Crippen molar-refractivity contribution in [3.8, 4) is 0 Å². The zero-order valence-corrected chi connectivity index (χ0v) is 10.0. The highest BCUT2D eigenvalue weighted by atomic mass is 16.5. The minimum Gasteiger partial charge on any atom is -0.465 e. The van der Waals surface area contributed by atoms with E-state index in [1.54, 1.807) is 6.20 Å². The summed E-state index contributed by atoms with van der Waals surface area (Å²) >= 11 is 0. The third-order valence-corrected chi connectivity index (χ3v) is 2.09. The Bertz CT molecular complexity index is 364. The Morgan fingerprint density at radius 2 is 2.19 bits per heavy atom. The largest absolute Gasteiger partial charge is 0.465 e. The first kappa shape index (κ1) is 12.6. The molecule has 16 heavy (non-hydrogen) atoms. The van der Waals surface area contributed by atoms with Gasteiger partial charge in [-0.15, -0.1) is 0 Å². The summed E-state index contributed by atoms with van der Waals surface area (Å²) in [5, 5.41) is 3.16. The van der Waals surface area contributed by atoms with Crippen LogP contribution in [0.4, 0.5) is 0 Å². The summed E-state index contributed by atoms with van der Waals surface area (Å²) in [5.74, 6) is -0.331. The molecule has 1 aliphatic heterocycles. The summed E-state index contributed by atoms with van der Waals surface area (Å²) in [6, 6.07) is 1.83. The van der Waals surface area contributed by atoms with Gasteiger partial charge in [0, 0.05) is 19.3 Å². The normalized spacial score (nSPS) is 12.4. The molecule has 1 aromatic rings. The second-order valence-electron chi connectivity index (χ2n) is 3.63. The molecule has 0 fully saturated rings. The van der Waals surface area contributed by atoms with E-state index in [0.717, 1.165) is 24.3 Å². The van der Waals surface area contributed by atoms with E-state index < -0.39 is 0 Å². The zero-order valence-electron chi connectivity index (χ0n) is 10.0. The smallest absolute Gasteiger partial charge is 0.339 e. The lowest BCUT2D eigenvalue weighted by Gasteiger charge is -2.00. The number of hydrogen-bond donors (Lipinski definition) is 1. The molecule has 2 heterocycles. The van der Waals surface area contributed by atoms with Crippen molar-refractivity contribution >= 4 is 5.97 Å². The SMILES string of the molecule is CCC.COC(=O)c1cnc2c(c1)CNC2. The molecule has 0 aliphatic carbocycles. The highest BCUT2D eigenvalue weighted by molar-refractivity contribution is 5.89. The first-order valence-electron chi connectivity index (χ1n) is 5.49. The number of nitrogens with one attached hydrogen (secondary N) is 1. The Kier molecular flexibility index (Phi) is 4.92. The lowest BCUT2D eigenvalue weighted by molar-refractivity contribution is 0.0600. The average molecular weight is 222 g/mol. The third kappa shape index (κ3) is 3.03. The van der Waals surface area contributed by atoms with Crippen molar-refractivity contribution in [1.82, 2.24) is 10.3 Å². The van der Waals surface area contributed by atoms with Gasteiger partial charge in [0.2, 0.25) is 0 Å². The van der Waals surface area contributed by atoms with Gasteiger partial charge in [-0.05, 0) is 11.6 Å². The van der Waals surface area contributed by atoms with Gasteiger partial charge in [-0.25, -0.2) is 4.79 Å². The molecule has 0 bridgehead atoms. The van der Waals surface area contributed by atoms with Crippen molar-refractivity contribution in [2.45, 2.75) is 33.4 Å². The van der Waals surface area contributed by atoms with Crippen molar-refractivity contribution in [1.29, 1.82) is 0 Å². The van der Waals surface area contributed by atoms with Gasteiger partial charge in [-0.3, -0.25) is 4.98 Å². The fourth-order valence-corrected chi connectivity index (χ4v) is 1.40. The molecule has 0 amide bonds. The molecule has 0 saturated heterocycles. The summed E-state index contributed by atoms with van der Waals surface area (Å²) in [6.07, 6.45) is 2.80. The van der Waals surface area contributed by atoms with Crippen LogP contribution in [0, 0.1) is 0 Å². The van der Waals surface area contributed by atoms with Crippen LogP contribution < -0.4 is 5.32 Å². The monoisotopic (exact) mass is 222 g/mol. The number of esters is 1. The van der Waals surface area contributed by atoms with E-state index in [-0.39, 0.29) is 5.97 Å². The number of methoxy groups -OCH3 is 1. The van der Waals surface area contributed by atoms with E-state index in [1.807, 2.05) is 6.07 Å². The Morgan fingerprint density at radius 1 is 1.50 bits per heavy atom. The fraction of sp³-hybridized carbons (Fsp3) is 0.500. The molecule has 1 aromatic heterocycles. The highest BCUT2D eigenvalue weighted by Crippen LogP contribution is 2.14. The van der Waals surface area contributed by atoms with Gasteiger partial charge in [0.1, 0.15) is 0 Å². The summed E-state index contributed by atoms with van der Waals surface area (Å²) in [5.41, 5.74) is 2.63. The lowest BCUT2D eigenvalue weighted by atomic mass is 10.2. The number of ether oxygens (including phenoxy) is 1. The number of hydrogen-bond acceptors (Lipinski definition) is 4. The summed E-state index contributed by atoms with van der Waals surface area (Å²) in [4.78, 5) is 15.3. The molecule has 2 rings (SSSR count). The van der Waals surface area contributed by atoms with Crippen LogP contribution in [-0.4, -0.2) is 18.1 Å². The Morgan fingerprint density at radius 3 is 2.81 bits per heavy atom. The van der Waals surface area contributed by atoms with Crippen molar-refractivity contribution < 1.29 is 9.53 Å². The topological polar surface area (TPSA) is 51.2 Å². The van der Waals surface area contributed by atoms with Crippen LogP contribution in [0.3, 0.4) is 0 Å². The summed E-state index contributed by atoms with van der Waals surface area (Å²) in [6.45, 7) is 5.82. The minimum absolute atomic E-state index is 0.331. The van der Waals surface area contributed by atoms with E-state index in [9.17, 15) is 4.79 Å². The Balaban J connectivity index is 0.000000386. The molecule has 1 aliphatic rings. The van der Waals surface area contributed by atoms with Crippen LogP contribution in [0.25, 0.3) is 0 Å². The number of aromatic nitrogens is 1. The van der Waals surface area contributed by atoms with Crippen molar-refractivity contribution in [3.05, 3.63) is 29.1 Å². The van der Waals surface area contributed by atoms with E-state index >= 15 is 0 Å². The zero-order chi connectivity index (χ0) is 12.0. The van der Waals surface area contributed by atoms with Crippen LogP contribution in [0.15, 0.2) is 12.3 Å². The molecular weight excluding hydrogens is 204 g/mol. The Hall–Kier alpha value is -1.42.